The summed E-state index contributed by atoms with van der Waals surface area (Å²) in [5.41, 5.74) is 2.50. The highest BCUT2D eigenvalue weighted by molar-refractivity contribution is 9.10. The van der Waals surface area contributed by atoms with E-state index in [4.69, 9.17) is 9.47 Å². The van der Waals surface area contributed by atoms with Crippen LogP contribution in [0.5, 0.6) is 11.5 Å². The molecule has 0 saturated heterocycles. The van der Waals surface area contributed by atoms with Crippen molar-refractivity contribution in [3.63, 3.8) is 0 Å². The van der Waals surface area contributed by atoms with Crippen LogP contribution >= 0.6 is 15.9 Å². The predicted octanol–water partition coefficient (Wildman–Crippen LogP) is 4.67. The highest BCUT2D eigenvalue weighted by Crippen LogP contribution is 2.29. The van der Waals surface area contributed by atoms with Gasteiger partial charge in [0.1, 0.15) is 6.61 Å². The van der Waals surface area contributed by atoms with E-state index in [1.165, 1.54) is 0 Å². The van der Waals surface area contributed by atoms with Crippen molar-refractivity contribution < 1.29 is 19.4 Å². The third kappa shape index (κ3) is 5.84. The number of hydrogen-bond acceptors (Lipinski definition) is 4. The summed E-state index contributed by atoms with van der Waals surface area (Å²) >= 11 is 3.42. The number of carbonyl (C=O) groups excluding carboxylic acids is 1. The van der Waals surface area contributed by atoms with Crippen LogP contribution in [0.4, 0.5) is 0 Å². The molecular weight excluding hydrogens is 446 g/mol. The molecule has 0 aromatic heterocycles. The Morgan fingerprint density at radius 2 is 1.70 bits per heavy atom. The van der Waals surface area contributed by atoms with Crippen LogP contribution in [0.2, 0.25) is 0 Å². The molecule has 1 N–H and O–H groups in total. The summed E-state index contributed by atoms with van der Waals surface area (Å²) in [7, 11) is 1.55. The van der Waals surface area contributed by atoms with Crippen LogP contribution in [-0.2, 0) is 13.2 Å². The summed E-state index contributed by atoms with van der Waals surface area (Å²) < 4.78 is 12.3. The Hall–Kier alpha value is -2.83. The van der Waals surface area contributed by atoms with Crippen LogP contribution in [0, 0.1) is 0 Å². The number of hydrogen-bond donors (Lipinski definition) is 1. The minimum Gasteiger partial charge on any atom is -0.493 e. The first-order valence-electron chi connectivity index (χ1n) is 9.60. The van der Waals surface area contributed by atoms with Gasteiger partial charge >= 0.3 is 0 Å². The maximum Gasteiger partial charge on any atom is 0.254 e. The largest absolute Gasteiger partial charge is 0.493 e. The van der Waals surface area contributed by atoms with Crippen LogP contribution in [0.15, 0.2) is 77.3 Å². The quantitative estimate of drug-likeness (QED) is 0.494. The number of ether oxygens (including phenoxy) is 2. The molecule has 0 unspecified atom stereocenters. The predicted molar refractivity (Wildman–Crippen MR) is 120 cm³/mol. The Morgan fingerprint density at radius 3 is 2.37 bits per heavy atom. The summed E-state index contributed by atoms with van der Waals surface area (Å²) in [6.45, 7) is 0.952. The molecule has 0 bridgehead atoms. The van der Waals surface area contributed by atoms with Crippen molar-refractivity contribution in [1.82, 2.24) is 4.90 Å². The number of amides is 1. The zero-order valence-electron chi connectivity index (χ0n) is 16.8. The molecule has 0 spiro atoms. The fraction of sp³-hybridized carbons (Fsp3) is 0.208. The highest BCUT2D eigenvalue weighted by atomic mass is 79.9. The Morgan fingerprint density at radius 1 is 0.967 bits per heavy atom. The van der Waals surface area contributed by atoms with Gasteiger partial charge in [-0.25, -0.2) is 0 Å². The number of carbonyl (C=O) groups is 1. The zero-order chi connectivity index (χ0) is 21.3. The van der Waals surface area contributed by atoms with Crippen molar-refractivity contribution in [3.05, 3.63) is 94.0 Å². The van der Waals surface area contributed by atoms with Crippen LogP contribution < -0.4 is 9.47 Å². The summed E-state index contributed by atoms with van der Waals surface area (Å²) in [5, 5.41) is 9.41. The molecule has 0 atom stereocenters. The lowest BCUT2D eigenvalue weighted by molar-refractivity contribution is 0.0707. The van der Waals surface area contributed by atoms with Crippen LogP contribution in [0.25, 0.3) is 0 Å². The molecule has 0 aliphatic heterocycles. The van der Waals surface area contributed by atoms with Crippen LogP contribution in [0.3, 0.4) is 0 Å². The van der Waals surface area contributed by atoms with Crippen molar-refractivity contribution in [2.24, 2.45) is 0 Å². The summed E-state index contributed by atoms with van der Waals surface area (Å²) in [6, 6.07) is 22.7. The molecule has 0 fully saturated rings. The van der Waals surface area contributed by atoms with Gasteiger partial charge in [0.15, 0.2) is 11.5 Å². The smallest absolute Gasteiger partial charge is 0.254 e. The normalized spacial score (nSPS) is 10.5. The van der Waals surface area contributed by atoms with E-state index in [-0.39, 0.29) is 19.1 Å². The molecule has 0 aliphatic rings. The standard InChI is InChI=1S/C24H24BrNO4/c1-29-23-15-20(9-12-22(23)30-17-19-7-10-21(25)11-8-19)24(28)26(13-14-27)16-18-5-3-2-4-6-18/h2-12,15,27H,13-14,16-17H2,1H3. The van der Waals surface area contributed by atoms with Gasteiger partial charge in [-0.3, -0.25) is 4.79 Å². The van der Waals surface area contributed by atoms with Crippen molar-refractivity contribution in [2.75, 3.05) is 20.3 Å². The van der Waals surface area contributed by atoms with Gasteiger partial charge in [-0.05, 0) is 41.5 Å². The second kappa shape index (κ2) is 10.8. The number of halogens is 1. The lowest BCUT2D eigenvalue weighted by atomic mass is 10.1. The van der Waals surface area contributed by atoms with Crippen molar-refractivity contribution in [2.45, 2.75) is 13.2 Å². The minimum absolute atomic E-state index is 0.107. The summed E-state index contributed by atoms with van der Waals surface area (Å²) in [5.74, 6) is 0.876. The van der Waals surface area contributed by atoms with E-state index in [0.29, 0.717) is 30.2 Å². The Bertz CT molecular complexity index is 961. The lowest BCUT2D eigenvalue weighted by Crippen LogP contribution is -2.33. The number of benzene rings is 3. The van der Waals surface area contributed by atoms with Crippen LogP contribution in [0.1, 0.15) is 21.5 Å². The minimum atomic E-state index is -0.175. The first-order valence-corrected chi connectivity index (χ1v) is 10.4. The fourth-order valence-corrected chi connectivity index (χ4v) is 3.29. The highest BCUT2D eigenvalue weighted by Gasteiger charge is 2.18. The molecule has 0 heterocycles. The van der Waals surface area contributed by atoms with E-state index in [9.17, 15) is 9.90 Å². The topological polar surface area (TPSA) is 59.0 Å². The maximum atomic E-state index is 13.0. The van der Waals surface area contributed by atoms with Gasteiger partial charge in [0.25, 0.3) is 5.91 Å². The lowest BCUT2D eigenvalue weighted by Gasteiger charge is -2.22. The van der Waals surface area contributed by atoms with E-state index in [1.54, 1.807) is 30.2 Å². The first kappa shape index (κ1) is 21.9. The van der Waals surface area contributed by atoms with Gasteiger partial charge in [-0.15, -0.1) is 0 Å². The molecule has 3 rings (SSSR count). The monoisotopic (exact) mass is 469 g/mol. The molecule has 6 heteroatoms. The second-order valence-electron chi connectivity index (χ2n) is 6.72. The Kier molecular flexibility index (Phi) is 7.88. The van der Waals surface area contributed by atoms with Crippen molar-refractivity contribution in [3.8, 4) is 11.5 Å². The molecule has 3 aromatic carbocycles. The number of aliphatic hydroxyl groups is 1. The van der Waals surface area contributed by atoms with Gasteiger partial charge in [0.05, 0.1) is 13.7 Å². The van der Waals surface area contributed by atoms with Crippen molar-refractivity contribution >= 4 is 21.8 Å². The zero-order valence-corrected chi connectivity index (χ0v) is 18.3. The van der Waals surface area contributed by atoms with E-state index in [0.717, 1.165) is 15.6 Å². The Labute approximate surface area is 185 Å². The molecule has 1 amide bonds. The molecule has 5 nitrogen and oxygen atoms in total. The Balaban J connectivity index is 1.74. The number of aliphatic hydroxyl groups excluding tert-OH is 1. The van der Waals surface area contributed by atoms with Gasteiger partial charge in [0.2, 0.25) is 0 Å². The first-order chi connectivity index (χ1) is 14.6. The van der Waals surface area contributed by atoms with Crippen LogP contribution in [-0.4, -0.2) is 36.2 Å². The molecule has 0 saturated carbocycles. The fourth-order valence-electron chi connectivity index (χ4n) is 3.02. The number of nitrogens with zero attached hydrogens (tertiary/aromatic N) is 1. The summed E-state index contributed by atoms with van der Waals surface area (Å²) in [4.78, 5) is 14.7. The number of rotatable bonds is 9. The molecular formula is C24H24BrNO4. The third-order valence-electron chi connectivity index (χ3n) is 4.59. The van der Waals surface area contributed by atoms with Crippen molar-refractivity contribution in [1.29, 1.82) is 0 Å². The molecule has 30 heavy (non-hydrogen) atoms. The third-order valence-corrected chi connectivity index (χ3v) is 5.12. The average molecular weight is 470 g/mol. The summed E-state index contributed by atoms with van der Waals surface area (Å²) in [6.07, 6.45) is 0. The van der Waals surface area contributed by atoms with Gasteiger partial charge < -0.3 is 19.5 Å². The molecule has 0 radical (unpaired) electrons. The average Bonchev–Trinajstić information content (AvgIpc) is 2.78. The van der Waals surface area contributed by atoms with E-state index < -0.39 is 0 Å². The maximum absolute atomic E-state index is 13.0. The molecule has 156 valence electrons. The van der Waals surface area contributed by atoms with Gasteiger partial charge in [-0.2, -0.15) is 0 Å². The van der Waals surface area contributed by atoms with Gasteiger partial charge in [0, 0.05) is 23.1 Å². The SMILES string of the molecule is COc1cc(C(=O)N(CCO)Cc2ccccc2)ccc1OCc1ccc(Br)cc1. The molecule has 0 aliphatic carbocycles. The van der Waals surface area contributed by atoms with E-state index >= 15 is 0 Å². The van der Waals surface area contributed by atoms with E-state index in [2.05, 4.69) is 15.9 Å². The molecule has 3 aromatic rings. The number of methoxy groups -OCH3 is 1. The second-order valence-corrected chi connectivity index (χ2v) is 7.63. The van der Waals surface area contributed by atoms with Gasteiger partial charge in [-0.1, -0.05) is 58.4 Å². The van der Waals surface area contributed by atoms with E-state index in [1.807, 2.05) is 54.6 Å².